The Kier molecular flexibility index (Phi) is 5.61. The highest BCUT2D eigenvalue weighted by Gasteiger charge is 2.66. The van der Waals surface area contributed by atoms with Gasteiger partial charge < -0.3 is 14.1 Å². The first-order chi connectivity index (χ1) is 21.3. The first-order valence-electron chi connectivity index (χ1n) is 14.2. The molecule has 1 atom stereocenters. The Morgan fingerprint density at radius 3 is 2.55 bits per heavy atom. The third kappa shape index (κ3) is 3.44. The van der Waals surface area contributed by atoms with E-state index in [9.17, 15) is 9.59 Å². The van der Waals surface area contributed by atoms with Crippen LogP contribution in [0.25, 0.3) is 21.2 Å². The number of hydrogen-bond donors (Lipinski definition) is 0. The Hall–Kier alpha value is -5.28. The van der Waals surface area contributed by atoms with Crippen LogP contribution in [0.5, 0.6) is 5.75 Å². The summed E-state index contributed by atoms with van der Waals surface area (Å²) in [6, 6.07) is 25.9. The van der Waals surface area contributed by atoms with Gasteiger partial charge in [0.15, 0.2) is 16.1 Å². The Labute approximate surface area is 255 Å². The summed E-state index contributed by atoms with van der Waals surface area (Å²) in [5, 5.41) is 0.597. The summed E-state index contributed by atoms with van der Waals surface area (Å²) in [6.45, 7) is 4.14. The fourth-order valence-corrected chi connectivity index (χ4v) is 7.55. The van der Waals surface area contributed by atoms with Crippen molar-refractivity contribution in [3.8, 4) is 5.75 Å². The minimum atomic E-state index is -1.82. The molecule has 8 nitrogen and oxygen atoms in total. The van der Waals surface area contributed by atoms with Gasteiger partial charge in [0.05, 0.1) is 40.5 Å². The van der Waals surface area contributed by atoms with E-state index in [1.165, 1.54) is 16.2 Å². The Bertz CT molecular complexity index is 2270. The van der Waals surface area contributed by atoms with Crippen LogP contribution >= 0.6 is 11.3 Å². The number of carbonyl (C=O) groups is 2. The number of fused-ring (bicyclic) bond motifs is 6. The van der Waals surface area contributed by atoms with Gasteiger partial charge in [-0.05, 0) is 61.4 Å². The van der Waals surface area contributed by atoms with Gasteiger partial charge in [-0.25, -0.2) is 4.98 Å². The molecule has 0 bridgehead atoms. The summed E-state index contributed by atoms with van der Waals surface area (Å²) in [4.78, 5) is 52.1. The molecular formula is C35H25N3O5S. The van der Waals surface area contributed by atoms with E-state index in [1.54, 1.807) is 30.2 Å². The van der Waals surface area contributed by atoms with E-state index in [0.29, 0.717) is 27.9 Å². The monoisotopic (exact) mass is 599 g/mol. The maximum Gasteiger partial charge on any atom is 0.297 e. The van der Waals surface area contributed by atoms with Crippen molar-refractivity contribution >= 4 is 55.2 Å². The van der Waals surface area contributed by atoms with Crippen molar-refractivity contribution in [2.24, 2.45) is 0 Å². The topological polar surface area (TPSA) is 93.0 Å². The molecule has 9 heteroatoms. The smallest absolute Gasteiger partial charge is 0.297 e. The zero-order chi connectivity index (χ0) is 30.3. The lowest BCUT2D eigenvalue weighted by Gasteiger charge is -2.32. The predicted molar refractivity (Wildman–Crippen MR) is 170 cm³/mol. The van der Waals surface area contributed by atoms with Crippen LogP contribution < -0.4 is 20.0 Å². The molecule has 0 aliphatic carbocycles. The van der Waals surface area contributed by atoms with Crippen LogP contribution in [0, 0.1) is 13.8 Å². The first kappa shape index (κ1) is 26.4. The number of aromatic nitrogens is 1. The highest BCUT2D eigenvalue weighted by atomic mass is 32.1. The fourth-order valence-electron chi connectivity index (χ4n) is 6.51. The van der Waals surface area contributed by atoms with E-state index >= 15 is 4.79 Å². The van der Waals surface area contributed by atoms with Gasteiger partial charge in [-0.15, -0.1) is 0 Å². The second kappa shape index (κ2) is 9.36. The number of methoxy groups -OCH3 is 1. The molecule has 4 heterocycles. The molecule has 216 valence electrons. The number of rotatable bonds is 4. The van der Waals surface area contributed by atoms with Crippen LogP contribution in [0.4, 0.5) is 10.8 Å². The minimum absolute atomic E-state index is 0.0159. The minimum Gasteiger partial charge on any atom is -0.497 e. The Morgan fingerprint density at radius 2 is 1.73 bits per heavy atom. The number of thiazole rings is 1. The summed E-state index contributed by atoms with van der Waals surface area (Å²) in [5.74, 6) is -0.510. The first-order valence-corrected chi connectivity index (χ1v) is 15.0. The third-order valence-corrected chi connectivity index (χ3v) is 9.65. The van der Waals surface area contributed by atoms with Crippen molar-refractivity contribution in [2.75, 3.05) is 16.9 Å². The van der Waals surface area contributed by atoms with Crippen LogP contribution in [0.2, 0.25) is 0 Å². The van der Waals surface area contributed by atoms with Gasteiger partial charge in [-0.2, -0.15) is 0 Å². The number of carbonyl (C=O) groups excluding carboxylic acids is 2. The number of hydrogen-bond acceptors (Lipinski definition) is 7. The summed E-state index contributed by atoms with van der Waals surface area (Å²) >= 11 is 1.26. The number of para-hydroxylation sites is 1. The van der Waals surface area contributed by atoms with Crippen molar-refractivity contribution in [1.29, 1.82) is 0 Å². The highest BCUT2D eigenvalue weighted by molar-refractivity contribution is 7.22. The number of ether oxygens (including phenoxy) is 1. The average Bonchev–Trinajstić information content (AvgIpc) is 3.64. The van der Waals surface area contributed by atoms with E-state index in [-0.39, 0.29) is 28.6 Å². The molecule has 0 N–H and O–H groups in total. The molecule has 2 aromatic heterocycles. The fraction of sp³-hybridized carbons (Fsp3) is 0.143. The molecule has 1 spiro atoms. The molecule has 2 amide bonds. The molecule has 1 unspecified atom stereocenters. The second-order valence-corrected chi connectivity index (χ2v) is 12.2. The van der Waals surface area contributed by atoms with Crippen molar-refractivity contribution in [1.82, 2.24) is 4.98 Å². The standard InChI is InChI=1S/C35H25N3O5S/c1-19-12-15-27-23(16-19)30(39)29-31(43-27)32(40)38(34-36-25-14-13-22(42-3)17-28(25)44-34)35(29)24-10-6-7-11-26(24)37(33(35)41)18-21-9-5-4-8-20(21)2/h4-17H,18H2,1-3H3. The van der Waals surface area contributed by atoms with Crippen LogP contribution in [0.3, 0.4) is 0 Å². The van der Waals surface area contributed by atoms with Crippen LogP contribution in [0.15, 0.2) is 94.1 Å². The van der Waals surface area contributed by atoms with Gasteiger partial charge in [-0.3, -0.25) is 19.3 Å². The molecule has 2 aliphatic heterocycles. The van der Waals surface area contributed by atoms with Crippen molar-refractivity contribution in [3.63, 3.8) is 0 Å². The lowest BCUT2D eigenvalue weighted by atomic mass is 9.84. The van der Waals surface area contributed by atoms with E-state index in [0.717, 1.165) is 21.4 Å². The summed E-state index contributed by atoms with van der Waals surface area (Å²) < 4.78 is 12.4. The molecule has 8 rings (SSSR count). The van der Waals surface area contributed by atoms with Gasteiger partial charge in [0.25, 0.3) is 11.8 Å². The number of benzene rings is 4. The van der Waals surface area contributed by atoms with Crippen LogP contribution in [-0.2, 0) is 16.9 Å². The molecule has 4 aromatic carbocycles. The van der Waals surface area contributed by atoms with E-state index in [1.807, 2.05) is 80.6 Å². The number of amides is 2. The lowest BCUT2D eigenvalue weighted by Crippen LogP contribution is -2.53. The molecule has 0 fully saturated rings. The largest absolute Gasteiger partial charge is 0.497 e. The SMILES string of the molecule is COc1ccc2nc(N3C(=O)c4oc5ccc(C)cc5c(=O)c4C34C(=O)N(Cc3ccccc3C)c3ccccc34)sc2c1. The summed E-state index contributed by atoms with van der Waals surface area (Å²) in [6.07, 6.45) is 0. The molecule has 0 saturated heterocycles. The molecule has 0 saturated carbocycles. The number of aryl methyl sites for hydroxylation is 2. The Balaban J connectivity index is 1.45. The zero-order valence-corrected chi connectivity index (χ0v) is 24.9. The van der Waals surface area contributed by atoms with Gasteiger partial charge >= 0.3 is 0 Å². The normalized spacial score (nSPS) is 17.2. The molecular weight excluding hydrogens is 574 g/mol. The van der Waals surface area contributed by atoms with E-state index in [2.05, 4.69) is 0 Å². The molecule has 44 heavy (non-hydrogen) atoms. The van der Waals surface area contributed by atoms with E-state index < -0.39 is 22.8 Å². The second-order valence-electron chi connectivity index (χ2n) is 11.2. The van der Waals surface area contributed by atoms with Crippen molar-refractivity contribution in [2.45, 2.75) is 25.9 Å². The maximum atomic E-state index is 15.2. The van der Waals surface area contributed by atoms with Crippen molar-refractivity contribution < 1.29 is 18.7 Å². The summed E-state index contributed by atoms with van der Waals surface area (Å²) in [7, 11) is 1.58. The van der Waals surface area contributed by atoms with Gasteiger partial charge in [-0.1, -0.05) is 65.4 Å². The van der Waals surface area contributed by atoms with Crippen LogP contribution in [-0.4, -0.2) is 23.9 Å². The van der Waals surface area contributed by atoms with Crippen molar-refractivity contribution in [3.05, 3.63) is 129 Å². The lowest BCUT2D eigenvalue weighted by molar-refractivity contribution is -0.121. The van der Waals surface area contributed by atoms with Gasteiger partial charge in [0, 0.05) is 5.56 Å². The van der Waals surface area contributed by atoms with Crippen LogP contribution in [0.1, 0.15) is 38.4 Å². The van der Waals surface area contributed by atoms with Gasteiger partial charge in [0.2, 0.25) is 5.76 Å². The van der Waals surface area contributed by atoms with E-state index in [4.69, 9.17) is 14.1 Å². The number of nitrogens with zero attached hydrogens (tertiary/aromatic N) is 3. The zero-order valence-electron chi connectivity index (χ0n) is 24.1. The Morgan fingerprint density at radius 1 is 0.932 bits per heavy atom. The maximum absolute atomic E-state index is 15.2. The predicted octanol–water partition coefficient (Wildman–Crippen LogP) is 6.48. The highest BCUT2D eigenvalue weighted by Crippen LogP contribution is 2.55. The molecule has 6 aromatic rings. The molecule has 2 aliphatic rings. The third-order valence-electron chi connectivity index (χ3n) is 8.64. The number of anilines is 2. The molecule has 0 radical (unpaired) electrons. The quantitative estimate of drug-likeness (QED) is 0.230. The van der Waals surface area contributed by atoms with Gasteiger partial charge in [0.1, 0.15) is 11.3 Å². The summed E-state index contributed by atoms with van der Waals surface area (Å²) in [5.41, 5.74) is 2.71. The average molecular weight is 600 g/mol.